The highest BCUT2D eigenvalue weighted by Gasteiger charge is 2.46. The zero-order chi connectivity index (χ0) is 20.7. The van der Waals surface area contributed by atoms with Crippen LogP contribution in [0, 0.1) is 5.41 Å². The van der Waals surface area contributed by atoms with Crippen molar-refractivity contribution in [3.8, 4) is 11.5 Å². The van der Waals surface area contributed by atoms with Crippen molar-refractivity contribution < 1.29 is 23.8 Å². The minimum atomic E-state index is -0.418. The van der Waals surface area contributed by atoms with E-state index >= 15 is 0 Å². The highest BCUT2D eigenvalue weighted by atomic mass is 16.5. The number of methoxy groups -OCH3 is 1. The monoisotopic (exact) mass is 404 g/mol. The smallest absolute Gasteiger partial charge is 0.325 e. The molecule has 0 radical (unpaired) electrons. The first-order valence-electron chi connectivity index (χ1n) is 10.5. The molecule has 7 nitrogen and oxygen atoms in total. The summed E-state index contributed by atoms with van der Waals surface area (Å²) in [6.07, 6.45) is 6.93. The highest BCUT2D eigenvalue weighted by Crippen LogP contribution is 2.46. The lowest BCUT2D eigenvalue weighted by Gasteiger charge is -2.33. The molecule has 1 aromatic carbocycles. The van der Waals surface area contributed by atoms with Gasteiger partial charge in [-0.05, 0) is 55.9 Å². The maximum atomic E-state index is 12.8. The van der Waals surface area contributed by atoms with Gasteiger partial charge in [0.2, 0.25) is 0 Å². The molecule has 1 aromatic rings. The first kappa shape index (κ1) is 21.3. The van der Waals surface area contributed by atoms with Gasteiger partial charge in [-0.3, -0.25) is 4.79 Å². The first-order chi connectivity index (χ1) is 14.0. The van der Waals surface area contributed by atoms with Crippen LogP contribution in [0.4, 0.5) is 4.79 Å². The third-order valence-electron chi connectivity index (χ3n) is 5.98. The third kappa shape index (κ3) is 5.55. The summed E-state index contributed by atoms with van der Waals surface area (Å²) < 4.78 is 16.1. The standard InChI is InChI=1S/C22H32N2O5/c1-3-28-20(25)14-23-21(26)24-16-22(11-5-4-6-12-22)13-17(24)15-29-19-9-7-18(27-2)8-10-19/h7-10,17H,3-6,11-16H2,1-2H3,(H,23,26). The van der Waals surface area contributed by atoms with Crippen LogP contribution in [0.5, 0.6) is 11.5 Å². The molecule has 1 unspecified atom stereocenters. The van der Waals surface area contributed by atoms with Gasteiger partial charge in [-0.2, -0.15) is 0 Å². The van der Waals surface area contributed by atoms with E-state index in [1.54, 1.807) is 14.0 Å². The Bertz CT molecular complexity index is 685. The highest BCUT2D eigenvalue weighted by molar-refractivity contribution is 5.81. The van der Waals surface area contributed by atoms with Crippen molar-refractivity contribution >= 4 is 12.0 Å². The number of nitrogens with one attached hydrogen (secondary N) is 1. The summed E-state index contributed by atoms with van der Waals surface area (Å²) in [5.41, 5.74) is 0.174. The first-order valence-corrected chi connectivity index (χ1v) is 10.5. The Kier molecular flexibility index (Phi) is 7.23. The molecular weight excluding hydrogens is 372 g/mol. The zero-order valence-corrected chi connectivity index (χ0v) is 17.4. The fraction of sp³-hybridized carbons (Fsp3) is 0.636. The van der Waals surface area contributed by atoms with Crippen LogP contribution in [0.3, 0.4) is 0 Å². The maximum Gasteiger partial charge on any atom is 0.325 e. The van der Waals surface area contributed by atoms with E-state index in [9.17, 15) is 9.59 Å². The van der Waals surface area contributed by atoms with Crippen LogP contribution < -0.4 is 14.8 Å². The van der Waals surface area contributed by atoms with E-state index in [4.69, 9.17) is 14.2 Å². The molecule has 1 aliphatic carbocycles. The number of benzene rings is 1. The summed E-state index contributed by atoms with van der Waals surface area (Å²) >= 11 is 0. The lowest BCUT2D eigenvalue weighted by atomic mass is 9.73. The molecule has 1 saturated carbocycles. The normalized spacial score (nSPS) is 20.3. The van der Waals surface area contributed by atoms with Crippen LogP contribution >= 0.6 is 0 Å². The molecule has 1 heterocycles. The second-order valence-electron chi connectivity index (χ2n) is 8.00. The second kappa shape index (κ2) is 9.85. The molecule has 2 fully saturated rings. The average Bonchev–Trinajstić information content (AvgIpc) is 3.09. The fourth-order valence-electron chi connectivity index (χ4n) is 4.54. The number of ether oxygens (including phenoxy) is 3. The number of rotatable bonds is 7. The summed E-state index contributed by atoms with van der Waals surface area (Å²) in [6.45, 7) is 3.10. The molecule has 0 aromatic heterocycles. The molecular formula is C22H32N2O5. The van der Waals surface area contributed by atoms with Crippen molar-refractivity contribution in [1.29, 1.82) is 0 Å². The van der Waals surface area contributed by atoms with Crippen molar-refractivity contribution in [2.75, 3.05) is 33.4 Å². The Balaban J connectivity index is 1.63. The fourth-order valence-corrected chi connectivity index (χ4v) is 4.54. The van der Waals surface area contributed by atoms with Gasteiger partial charge < -0.3 is 24.4 Å². The molecule has 1 aliphatic heterocycles. The Morgan fingerprint density at radius 3 is 2.48 bits per heavy atom. The van der Waals surface area contributed by atoms with Crippen molar-refractivity contribution in [3.63, 3.8) is 0 Å². The molecule has 3 rings (SSSR count). The lowest BCUT2D eigenvalue weighted by molar-refractivity contribution is -0.141. The predicted molar refractivity (Wildman–Crippen MR) is 109 cm³/mol. The maximum absolute atomic E-state index is 12.8. The molecule has 1 N–H and O–H groups in total. The minimum absolute atomic E-state index is 0.0163. The van der Waals surface area contributed by atoms with Crippen LogP contribution in [-0.2, 0) is 9.53 Å². The molecule has 2 aliphatic rings. The van der Waals surface area contributed by atoms with E-state index in [-0.39, 0.29) is 24.0 Å². The molecule has 1 saturated heterocycles. The van der Waals surface area contributed by atoms with Crippen molar-refractivity contribution in [2.24, 2.45) is 5.41 Å². The topological polar surface area (TPSA) is 77.1 Å². The van der Waals surface area contributed by atoms with E-state index < -0.39 is 5.97 Å². The van der Waals surface area contributed by atoms with Gasteiger partial charge in [0.1, 0.15) is 24.7 Å². The van der Waals surface area contributed by atoms with Gasteiger partial charge in [-0.1, -0.05) is 19.3 Å². The number of amides is 2. The Labute approximate surface area is 172 Å². The van der Waals surface area contributed by atoms with Crippen LogP contribution in [0.2, 0.25) is 0 Å². The van der Waals surface area contributed by atoms with E-state index in [1.807, 2.05) is 29.2 Å². The molecule has 1 spiro atoms. The van der Waals surface area contributed by atoms with Crippen LogP contribution in [0.15, 0.2) is 24.3 Å². The number of likely N-dealkylation sites (tertiary alicyclic amines) is 1. The number of nitrogens with zero attached hydrogens (tertiary/aromatic N) is 1. The summed E-state index contributed by atoms with van der Waals surface area (Å²) in [4.78, 5) is 26.3. The van der Waals surface area contributed by atoms with Gasteiger partial charge in [0.05, 0.1) is 19.8 Å². The average molecular weight is 405 g/mol. The van der Waals surface area contributed by atoms with E-state index in [0.717, 1.165) is 37.3 Å². The zero-order valence-electron chi connectivity index (χ0n) is 17.4. The van der Waals surface area contributed by atoms with Crippen molar-refractivity contribution in [2.45, 2.75) is 51.5 Å². The number of urea groups is 1. The van der Waals surface area contributed by atoms with Gasteiger partial charge in [-0.15, -0.1) is 0 Å². The number of hydrogen-bond donors (Lipinski definition) is 1. The number of esters is 1. The number of hydrogen-bond acceptors (Lipinski definition) is 5. The summed E-state index contributed by atoms with van der Waals surface area (Å²) in [5, 5.41) is 2.71. The Hall–Kier alpha value is -2.44. The van der Waals surface area contributed by atoms with Gasteiger partial charge in [0.25, 0.3) is 0 Å². The molecule has 0 bridgehead atoms. The summed E-state index contributed by atoms with van der Waals surface area (Å²) in [5.74, 6) is 1.11. The molecule has 29 heavy (non-hydrogen) atoms. The molecule has 7 heteroatoms. The van der Waals surface area contributed by atoms with Crippen molar-refractivity contribution in [1.82, 2.24) is 10.2 Å². The summed E-state index contributed by atoms with van der Waals surface area (Å²) in [7, 11) is 1.63. The largest absolute Gasteiger partial charge is 0.497 e. The van der Waals surface area contributed by atoms with Crippen LogP contribution in [0.25, 0.3) is 0 Å². The quantitative estimate of drug-likeness (QED) is 0.705. The Morgan fingerprint density at radius 2 is 1.83 bits per heavy atom. The van der Waals surface area contributed by atoms with Gasteiger partial charge >= 0.3 is 12.0 Å². The minimum Gasteiger partial charge on any atom is -0.497 e. The Morgan fingerprint density at radius 1 is 1.14 bits per heavy atom. The van der Waals surface area contributed by atoms with Crippen LogP contribution in [0.1, 0.15) is 45.4 Å². The second-order valence-corrected chi connectivity index (χ2v) is 8.00. The number of carbonyl (C=O) groups is 2. The van der Waals surface area contributed by atoms with E-state index in [2.05, 4.69) is 5.32 Å². The van der Waals surface area contributed by atoms with E-state index in [1.165, 1.54) is 19.3 Å². The third-order valence-corrected chi connectivity index (χ3v) is 5.98. The predicted octanol–water partition coefficient (Wildman–Crippen LogP) is 3.37. The summed E-state index contributed by atoms with van der Waals surface area (Å²) in [6, 6.07) is 7.22. The molecule has 2 amide bonds. The van der Waals surface area contributed by atoms with Gasteiger partial charge in [0.15, 0.2) is 0 Å². The van der Waals surface area contributed by atoms with E-state index in [0.29, 0.717) is 13.2 Å². The van der Waals surface area contributed by atoms with Crippen LogP contribution in [-0.4, -0.2) is 56.4 Å². The van der Waals surface area contributed by atoms with Gasteiger partial charge in [-0.25, -0.2) is 4.79 Å². The SMILES string of the molecule is CCOC(=O)CNC(=O)N1CC2(CCCCC2)CC1COc1ccc(OC)cc1. The van der Waals surface area contributed by atoms with Crippen molar-refractivity contribution in [3.05, 3.63) is 24.3 Å². The number of carbonyl (C=O) groups excluding carboxylic acids is 2. The molecule has 1 atom stereocenters. The molecule has 160 valence electrons. The lowest BCUT2D eigenvalue weighted by Crippen LogP contribution is -2.47. The van der Waals surface area contributed by atoms with Gasteiger partial charge in [0, 0.05) is 6.54 Å².